The van der Waals surface area contributed by atoms with Crippen molar-refractivity contribution in [3.63, 3.8) is 0 Å². The molecular formula is C16H14N2O3. The van der Waals surface area contributed by atoms with E-state index in [1.54, 1.807) is 7.11 Å². The van der Waals surface area contributed by atoms with Gasteiger partial charge in [0.2, 0.25) is 5.88 Å². The normalized spacial score (nSPS) is 10.7. The molecule has 3 aromatic rings. The van der Waals surface area contributed by atoms with E-state index in [1.165, 1.54) is 0 Å². The summed E-state index contributed by atoms with van der Waals surface area (Å²) in [6.45, 7) is 0. The van der Waals surface area contributed by atoms with Gasteiger partial charge < -0.3 is 14.8 Å². The summed E-state index contributed by atoms with van der Waals surface area (Å²) in [6.07, 6.45) is 0.425. The van der Waals surface area contributed by atoms with Crippen LogP contribution in [0.25, 0.3) is 10.8 Å². The maximum absolute atomic E-state index is 11.4. The molecule has 2 aromatic carbocycles. The Balaban J connectivity index is 2.09. The number of H-pyrrole nitrogens is 1. The average Bonchev–Trinajstić information content (AvgIpc) is 2.46. The van der Waals surface area contributed by atoms with Crippen LogP contribution in [-0.4, -0.2) is 22.2 Å². The quantitative estimate of drug-likeness (QED) is 0.772. The number of rotatable bonds is 3. The maximum Gasteiger partial charge on any atom is 0.254 e. The molecular weight excluding hydrogens is 268 g/mol. The van der Waals surface area contributed by atoms with Gasteiger partial charge in [0.05, 0.1) is 13.2 Å². The van der Waals surface area contributed by atoms with Gasteiger partial charge in [-0.3, -0.25) is 4.79 Å². The van der Waals surface area contributed by atoms with E-state index in [0.29, 0.717) is 12.2 Å². The van der Waals surface area contributed by atoms with Crippen LogP contribution >= 0.6 is 0 Å². The standard InChI is InChI=1S/C16H14N2O3/c1-21-12-6-5-10-3-2-4-11(13(10)8-12)7-14-17-15(19)9-16(20)18-14/h2-6,8-9H,7H2,1H3,(H2,17,18,19,20). The number of fused-ring (bicyclic) bond motifs is 1. The van der Waals surface area contributed by atoms with Crippen LogP contribution < -0.4 is 10.3 Å². The van der Waals surface area contributed by atoms with Crippen molar-refractivity contribution in [2.75, 3.05) is 7.11 Å². The van der Waals surface area contributed by atoms with Gasteiger partial charge in [-0.25, -0.2) is 0 Å². The molecule has 0 aliphatic rings. The molecule has 0 saturated carbocycles. The number of methoxy groups -OCH3 is 1. The van der Waals surface area contributed by atoms with E-state index in [4.69, 9.17) is 4.74 Å². The molecule has 1 aromatic heterocycles. The van der Waals surface area contributed by atoms with Gasteiger partial charge in [0.25, 0.3) is 5.56 Å². The van der Waals surface area contributed by atoms with Gasteiger partial charge in [-0.05, 0) is 28.5 Å². The number of ether oxygens (including phenoxy) is 1. The largest absolute Gasteiger partial charge is 0.497 e. The van der Waals surface area contributed by atoms with Crippen molar-refractivity contribution in [3.05, 3.63) is 64.2 Å². The molecule has 0 aliphatic heterocycles. The van der Waals surface area contributed by atoms with Crippen LogP contribution in [0.3, 0.4) is 0 Å². The molecule has 0 amide bonds. The molecule has 5 heteroatoms. The number of nitrogens with zero attached hydrogens (tertiary/aromatic N) is 1. The minimum absolute atomic E-state index is 0.272. The number of nitrogens with one attached hydrogen (secondary N) is 1. The van der Waals surface area contributed by atoms with E-state index in [9.17, 15) is 9.90 Å². The number of benzene rings is 2. The topological polar surface area (TPSA) is 75.2 Å². The van der Waals surface area contributed by atoms with Crippen molar-refractivity contribution in [2.24, 2.45) is 0 Å². The first-order chi connectivity index (χ1) is 10.2. The summed E-state index contributed by atoms with van der Waals surface area (Å²) in [5, 5.41) is 11.5. The maximum atomic E-state index is 11.4. The first kappa shape index (κ1) is 13.2. The predicted molar refractivity (Wildman–Crippen MR) is 79.8 cm³/mol. The predicted octanol–water partition coefficient (Wildman–Crippen LogP) is 2.23. The lowest BCUT2D eigenvalue weighted by Gasteiger charge is -2.08. The van der Waals surface area contributed by atoms with Crippen LogP contribution in [-0.2, 0) is 6.42 Å². The minimum atomic E-state index is -0.365. The fourth-order valence-electron chi connectivity index (χ4n) is 2.36. The second-order valence-electron chi connectivity index (χ2n) is 4.73. The van der Waals surface area contributed by atoms with E-state index in [-0.39, 0.29) is 11.4 Å². The summed E-state index contributed by atoms with van der Waals surface area (Å²) in [5.74, 6) is 0.925. The van der Waals surface area contributed by atoms with Gasteiger partial charge >= 0.3 is 0 Å². The lowest BCUT2D eigenvalue weighted by molar-refractivity contribution is 0.415. The highest BCUT2D eigenvalue weighted by atomic mass is 16.5. The molecule has 2 N–H and O–H groups in total. The molecule has 0 radical (unpaired) electrons. The highest BCUT2D eigenvalue weighted by molar-refractivity contribution is 5.87. The van der Waals surface area contributed by atoms with Crippen molar-refractivity contribution >= 4 is 10.8 Å². The van der Waals surface area contributed by atoms with Crippen molar-refractivity contribution in [1.82, 2.24) is 9.97 Å². The first-order valence-corrected chi connectivity index (χ1v) is 6.50. The molecule has 0 fully saturated rings. The molecule has 0 aliphatic carbocycles. The number of aromatic nitrogens is 2. The Bertz CT molecular complexity index is 856. The van der Waals surface area contributed by atoms with Crippen LogP contribution in [0.1, 0.15) is 11.4 Å². The molecule has 106 valence electrons. The summed E-state index contributed by atoms with van der Waals surface area (Å²) in [6, 6.07) is 12.8. The van der Waals surface area contributed by atoms with Gasteiger partial charge in [0.15, 0.2) is 0 Å². The number of aromatic amines is 1. The monoisotopic (exact) mass is 282 g/mol. The van der Waals surface area contributed by atoms with Gasteiger partial charge in [0.1, 0.15) is 11.6 Å². The zero-order valence-electron chi connectivity index (χ0n) is 11.5. The van der Waals surface area contributed by atoms with Crippen molar-refractivity contribution in [1.29, 1.82) is 0 Å². The van der Waals surface area contributed by atoms with Crippen molar-refractivity contribution < 1.29 is 9.84 Å². The van der Waals surface area contributed by atoms with Crippen LogP contribution in [0.15, 0.2) is 47.3 Å². The van der Waals surface area contributed by atoms with Crippen LogP contribution in [0, 0.1) is 0 Å². The minimum Gasteiger partial charge on any atom is -0.497 e. The Morgan fingerprint density at radius 3 is 2.86 bits per heavy atom. The fraction of sp³-hybridized carbons (Fsp3) is 0.125. The van der Waals surface area contributed by atoms with Crippen LogP contribution in [0.4, 0.5) is 0 Å². The smallest absolute Gasteiger partial charge is 0.254 e. The van der Waals surface area contributed by atoms with Crippen molar-refractivity contribution in [3.8, 4) is 11.6 Å². The third kappa shape index (κ3) is 2.72. The summed E-state index contributed by atoms with van der Waals surface area (Å²) in [4.78, 5) is 18.0. The molecule has 0 spiro atoms. The summed E-state index contributed by atoms with van der Waals surface area (Å²) < 4.78 is 5.25. The zero-order valence-corrected chi connectivity index (χ0v) is 11.5. The van der Waals surface area contributed by atoms with Gasteiger partial charge in [-0.1, -0.05) is 24.3 Å². The van der Waals surface area contributed by atoms with Crippen molar-refractivity contribution in [2.45, 2.75) is 6.42 Å². The van der Waals surface area contributed by atoms with Crippen LogP contribution in [0.2, 0.25) is 0 Å². The van der Waals surface area contributed by atoms with E-state index >= 15 is 0 Å². The molecule has 21 heavy (non-hydrogen) atoms. The molecule has 0 saturated heterocycles. The third-order valence-electron chi connectivity index (χ3n) is 3.31. The van der Waals surface area contributed by atoms with E-state index in [1.807, 2.05) is 36.4 Å². The van der Waals surface area contributed by atoms with Gasteiger partial charge in [0, 0.05) is 6.42 Å². The second kappa shape index (κ2) is 5.28. The molecule has 0 unspecified atom stereocenters. The molecule has 0 bridgehead atoms. The van der Waals surface area contributed by atoms with Crippen LogP contribution in [0.5, 0.6) is 11.6 Å². The second-order valence-corrected chi connectivity index (χ2v) is 4.73. The summed E-state index contributed by atoms with van der Waals surface area (Å²) >= 11 is 0. The Morgan fingerprint density at radius 1 is 1.24 bits per heavy atom. The Kier molecular flexibility index (Phi) is 3.31. The number of aromatic hydroxyl groups is 1. The average molecular weight is 282 g/mol. The molecule has 1 heterocycles. The Morgan fingerprint density at radius 2 is 2.10 bits per heavy atom. The van der Waals surface area contributed by atoms with E-state index in [2.05, 4.69) is 9.97 Å². The number of hydrogen-bond donors (Lipinski definition) is 2. The zero-order chi connectivity index (χ0) is 14.8. The van der Waals surface area contributed by atoms with Gasteiger partial charge in [-0.15, -0.1) is 0 Å². The lowest BCUT2D eigenvalue weighted by Crippen LogP contribution is -2.09. The lowest BCUT2D eigenvalue weighted by atomic mass is 10.0. The first-order valence-electron chi connectivity index (χ1n) is 6.50. The van der Waals surface area contributed by atoms with E-state index in [0.717, 1.165) is 28.2 Å². The van der Waals surface area contributed by atoms with E-state index < -0.39 is 0 Å². The summed E-state index contributed by atoms with van der Waals surface area (Å²) in [7, 11) is 1.62. The Hall–Kier alpha value is -2.82. The highest BCUT2D eigenvalue weighted by Crippen LogP contribution is 2.25. The highest BCUT2D eigenvalue weighted by Gasteiger charge is 2.06. The Labute approximate surface area is 120 Å². The fourth-order valence-corrected chi connectivity index (χ4v) is 2.36. The molecule has 5 nitrogen and oxygen atoms in total. The molecule has 0 atom stereocenters. The number of hydrogen-bond acceptors (Lipinski definition) is 4. The third-order valence-corrected chi connectivity index (χ3v) is 3.31. The SMILES string of the molecule is COc1ccc2cccc(Cc3nc(O)cc(=O)[nH]3)c2c1. The van der Waals surface area contributed by atoms with Gasteiger partial charge in [-0.2, -0.15) is 4.98 Å². The molecule has 3 rings (SSSR count). The summed E-state index contributed by atoms with van der Waals surface area (Å²) in [5.41, 5.74) is 0.635.